The monoisotopic (exact) mass is 475 g/mol. The van der Waals surface area contributed by atoms with Crippen LogP contribution in [0.4, 0.5) is 24.5 Å². The molecule has 34 heavy (non-hydrogen) atoms. The lowest BCUT2D eigenvalue weighted by Crippen LogP contribution is -2.61. The van der Waals surface area contributed by atoms with Crippen LogP contribution in [0, 0.1) is 11.8 Å². The maximum atomic E-state index is 13.4. The summed E-state index contributed by atoms with van der Waals surface area (Å²) in [5.74, 6) is 0.691. The van der Waals surface area contributed by atoms with Gasteiger partial charge in [0.25, 0.3) is 0 Å². The van der Waals surface area contributed by atoms with Crippen LogP contribution < -0.4 is 19.9 Å². The molecule has 0 unspecified atom stereocenters. The van der Waals surface area contributed by atoms with Crippen molar-refractivity contribution in [1.82, 2.24) is 5.32 Å². The van der Waals surface area contributed by atoms with Crippen LogP contribution in [-0.2, 0) is 17.4 Å². The number of carbonyl (C=O) groups excluding carboxylic acids is 1. The minimum absolute atomic E-state index is 0.0915. The van der Waals surface area contributed by atoms with E-state index in [9.17, 15) is 18.0 Å². The van der Waals surface area contributed by atoms with Gasteiger partial charge in [0, 0.05) is 43.6 Å². The van der Waals surface area contributed by atoms with Crippen molar-refractivity contribution in [3.05, 3.63) is 53.6 Å². The predicted octanol–water partition coefficient (Wildman–Crippen LogP) is 4.74. The van der Waals surface area contributed by atoms with E-state index in [-0.39, 0.29) is 11.9 Å². The topological polar surface area (TPSA) is 44.8 Å². The Hall–Kier alpha value is -2.90. The Labute approximate surface area is 198 Å². The fourth-order valence-corrected chi connectivity index (χ4v) is 4.96. The molecular formula is C26H32F3N3O2. The Balaban J connectivity index is 1.63. The van der Waals surface area contributed by atoms with Crippen LogP contribution in [0.5, 0.6) is 5.75 Å². The fourth-order valence-electron chi connectivity index (χ4n) is 4.96. The van der Waals surface area contributed by atoms with Crippen molar-refractivity contribution in [2.75, 3.05) is 43.1 Å². The highest BCUT2D eigenvalue weighted by molar-refractivity contribution is 5.82. The normalized spacial score (nSPS) is 20.1. The number of halogens is 3. The summed E-state index contributed by atoms with van der Waals surface area (Å²) in [6.45, 7) is 6.68. The first-order chi connectivity index (χ1) is 16.2. The first-order valence-corrected chi connectivity index (χ1v) is 11.8. The average molecular weight is 476 g/mol. The number of piperazine rings is 1. The summed E-state index contributed by atoms with van der Waals surface area (Å²) in [5, 5.41) is 3.04. The van der Waals surface area contributed by atoms with Crippen LogP contribution in [0.2, 0.25) is 0 Å². The maximum absolute atomic E-state index is 13.4. The molecule has 2 heterocycles. The Morgan fingerprint density at radius 3 is 2.68 bits per heavy atom. The van der Waals surface area contributed by atoms with Crippen molar-refractivity contribution in [1.29, 1.82) is 0 Å². The summed E-state index contributed by atoms with van der Waals surface area (Å²) in [6.07, 6.45) is -3.26. The number of carbonyl (C=O) groups is 1. The zero-order valence-corrected chi connectivity index (χ0v) is 19.9. The standard InChI is InChI=1S/C26H32F3N3O2/c1-17(2)9-10-30-25(33)22-14-18-13-19(26(27,28)29)7-8-23(18)32-12-11-31(16-24(22)32)20-5-4-6-21(15-20)34-3/h4-8,13,15,17,22,24H,9-12,14,16H2,1-3H3,(H,30,33)/t22-,24+/m0/s1. The van der Waals surface area contributed by atoms with E-state index in [2.05, 4.69) is 29.0 Å². The molecule has 184 valence electrons. The fraction of sp³-hybridized carbons (Fsp3) is 0.500. The van der Waals surface area contributed by atoms with Crippen LogP contribution in [0.25, 0.3) is 0 Å². The summed E-state index contributed by atoms with van der Waals surface area (Å²) in [4.78, 5) is 17.6. The quantitative estimate of drug-likeness (QED) is 0.655. The van der Waals surface area contributed by atoms with Crippen molar-refractivity contribution < 1.29 is 22.7 Å². The third-order valence-corrected chi connectivity index (χ3v) is 6.82. The molecule has 5 nitrogen and oxygen atoms in total. The highest BCUT2D eigenvalue weighted by Crippen LogP contribution is 2.40. The second-order valence-electron chi connectivity index (χ2n) is 9.53. The van der Waals surface area contributed by atoms with Gasteiger partial charge in [0.1, 0.15) is 5.75 Å². The van der Waals surface area contributed by atoms with E-state index >= 15 is 0 Å². The van der Waals surface area contributed by atoms with Crippen molar-refractivity contribution in [3.8, 4) is 5.75 Å². The molecule has 2 aromatic rings. The highest BCUT2D eigenvalue weighted by Gasteiger charge is 2.42. The number of hydrogen-bond acceptors (Lipinski definition) is 4. The summed E-state index contributed by atoms with van der Waals surface area (Å²) in [6, 6.07) is 11.6. The van der Waals surface area contributed by atoms with Gasteiger partial charge in [-0.3, -0.25) is 4.79 Å². The van der Waals surface area contributed by atoms with Gasteiger partial charge in [0.15, 0.2) is 0 Å². The van der Waals surface area contributed by atoms with Crippen LogP contribution in [0.15, 0.2) is 42.5 Å². The lowest BCUT2D eigenvalue weighted by molar-refractivity contribution is -0.137. The average Bonchev–Trinajstić information content (AvgIpc) is 2.82. The summed E-state index contributed by atoms with van der Waals surface area (Å²) in [5.41, 5.74) is 1.73. The van der Waals surface area contributed by atoms with Gasteiger partial charge in [-0.15, -0.1) is 0 Å². The minimum atomic E-state index is -4.41. The molecule has 0 aromatic heterocycles. The number of hydrogen-bond donors (Lipinski definition) is 1. The van der Waals surface area contributed by atoms with E-state index in [1.54, 1.807) is 13.2 Å². The minimum Gasteiger partial charge on any atom is -0.497 e. The molecule has 1 saturated heterocycles. The van der Waals surface area contributed by atoms with Crippen molar-refractivity contribution in [2.24, 2.45) is 11.8 Å². The second kappa shape index (κ2) is 9.76. The third kappa shape index (κ3) is 5.10. The van der Waals surface area contributed by atoms with Gasteiger partial charge in [-0.1, -0.05) is 19.9 Å². The largest absolute Gasteiger partial charge is 0.497 e. The van der Waals surface area contributed by atoms with Gasteiger partial charge in [-0.2, -0.15) is 13.2 Å². The number of amides is 1. The molecule has 0 saturated carbocycles. The first-order valence-electron chi connectivity index (χ1n) is 11.8. The number of fused-ring (bicyclic) bond motifs is 3. The van der Waals surface area contributed by atoms with Crippen LogP contribution in [0.3, 0.4) is 0 Å². The molecule has 1 N–H and O–H groups in total. The lowest BCUT2D eigenvalue weighted by atomic mass is 9.82. The van der Waals surface area contributed by atoms with Gasteiger partial charge < -0.3 is 19.9 Å². The predicted molar refractivity (Wildman–Crippen MR) is 127 cm³/mol. The van der Waals surface area contributed by atoms with Gasteiger partial charge >= 0.3 is 6.18 Å². The van der Waals surface area contributed by atoms with E-state index < -0.39 is 17.7 Å². The molecule has 0 spiro atoms. The molecule has 0 radical (unpaired) electrons. The van der Waals surface area contributed by atoms with Crippen molar-refractivity contribution in [2.45, 2.75) is 38.9 Å². The molecule has 8 heteroatoms. The smallest absolute Gasteiger partial charge is 0.416 e. The summed E-state index contributed by atoms with van der Waals surface area (Å²) >= 11 is 0. The van der Waals surface area contributed by atoms with Crippen molar-refractivity contribution in [3.63, 3.8) is 0 Å². The number of nitrogens with one attached hydrogen (secondary N) is 1. The number of benzene rings is 2. The highest BCUT2D eigenvalue weighted by atomic mass is 19.4. The van der Waals surface area contributed by atoms with E-state index in [0.717, 1.165) is 29.6 Å². The van der Waals surface area contributed by atoms with Crippen LogP contribution in [0.1, 0.15) is 31.4 Å². The Kier molecular flexibility index (Phi) is 6.96. The Morgan fingerprint density at radius 2 is 1.97 bits per heavy atom. The van der Waals surface area contributed by atoms with E-state index in [1.165, 1.54) is 6.07 Å². The number of rotatable bonds is 6. The third-order valence-electron chi connectivity index (χ3n) is 6.82. The zero-order valence-electron chi connectivity index (χ0n) is 19.9. The molecule has 0 aliphatic carbocycles. The maximum Gasteiger partial charge on any atom is 0.416 e. The number of nitrogens with zero attached hydrogens (tertiary/aromatic N) is 2. The number of anilines is 2. The molecular weight excluding hydrogens is 443 g/mol. The molecule has 4 rings (SSSR count). The lowest BCUT2D eigenvalue weighted by Gasteiger charge is -2.49. The molecule has 2 aromatic carbocycles. The van der Waals surface area contributed by atoms with Crippen LogP contribution >= 0.6 is 0 Å². The molecule has 2 aliphatic rings. The van der Waals surface area contributed by atoms with Gasteiger partial charge in [0.05, 0.1) is 24.6 Å². The Morgan fingerprint density at radius 1 is 1.18 bits per heavy atom. The molecule has 1 amide bonds. The van der Waals surface area contributed by atoms with Gasteiger partial charge in [0.2, 0.25) is 5.91 Å². The summed E-state index contributed by atoms with van der Waals surface area (Å²) in [7, 11) is 1.63. The number of methoxy groups -OCH3 is 1. The van der Waals surface area contributed by atoms with Crippen LogP contribution in [-0.4, -0.2) is 45.2 Å². The molecule has 2 atom stereocenters. The number of alkyl halides is 3. The number of ether oxygens (including phenoxy) is 1. The summed E-state index contributed by atoms with van der Waals surface area (Å²) < 4.78 is 45.5. The molecule has 0 bridgehead atoms. The second-order valence-corrected chi connectivity index (χ2v) is 9.53. The Bertz CT molecular complexity index is 1020. The van der Waals surface area contributed by atoms with Crippen molar-refractivity contribution >= 4 is 17.3 Å². The molecule has 2 aliphatic heterocycles. The SMILES string of the molecule is COc1cccc(N2CCN3c4ccc(C(F)(F)F)cc4C[C@H](C(=O)NCCC(C)C)[C@H]3C2)c1. The van der Waals surface area contributed by atoms with Gasteiger partial charge in [-0.25, -0.2) is 0 Å². The first kappa shape index (κ1) is 24.2. The zero-order chi connectivity index (χ0) is 24.5. The van der Waals surface area contributed by atoms with Gasteiger partial charge in [-0.05, 0) is 54.7 Å². The van der Waals surface area contributed by atoms with E-state index in [0.29, 0.717) is 44.1 Å². The molecule has 1 fully saturated rings. The van der Waals surface area contributed by atoms with E-state index in [1.807, 2.05) is 24.3 Å². The van der Waals surface area contributed by atoms with E-state index in [4.69, 9.17) is 4.74 Å².